The van der Waals surface area contributed by atoms with Crippen LogP contribution in [0.5, 0.6) is 0 Å². The van der Waals surface area contributed by atoms with Crippen molar-refractivity contribution in [1.29, 1.82) is 0 Å². The van der Waals surface area contributed by atoms with Crippen molar-refractivity contribution in [2.75, 3.05) is 0 Å². The molecule has 1 fully saturated rings. The van der Waals surface area contributed by atoms with Gasteiger partial charge in [-0.1, -0.05) is 43.5 Å². The lowest BCUT2D eigenvalue weighted by atomic mass is 9.83. The molecule has 1 saturated carbocycles. The molecule has 0 heterocycles. The van der Waals surface area contributed by atoms with Crippen LogP contribution in [-0.4, -0.2) is 6.04 Å². The largest absolute Gasteiger partial charge is 0.307 e. The summed E-state index contributed by atoms with van der Waals surface area (Å²) in [5.41, 5.74) is 4.57. The highest BCUT2D eigenvalue weighted by Crippen LogP contribution is 2.34. The van der Waals surface area contributed by atoms with Crippen molar-refractivity contribution in [3.63, 3.8) is 0 Å². The summed E-state index contributed by atoms with van der Waals surface area (Å²) in [5.74, 6) is 1.01. The maximum atomic E-state index is 3.96. The minimum absolute atomic E-state index is 0.623. The van der Waals surface area contributed by atoms with E-state index in [1.54, 1.807) is 11.1 Å². The molecule has 1 unspecified atom stereocenters. The first-order chi connectivity index (χ1) is 9.76. The highest BCUT2D eigenvalue weighted by molar-refractivity contribution is 5.37. The number of aryl methyl sites for hydroxylation is 2. The lowest BCUT2D eigenvalue weighted by Gasteiger charge is -2.31. The fourth-order valence-electron chi connectivity index (χ4n) is 4.21. The first kappa shape index (κ1) is 14.1. The predicted molar refractivity (Wildman–Crippen MR) is 86.0 cm³/mol. The summed E-state index contributed by atoms with van der Waals surface area (Å²) in [7, 11) is 0. The first-order valence-corrected chi connectivity index (χ1v) is 8.61. The summed E-state index contributed by atoms with van der Waals surface area (Å²) in [6.45, 7) is 4.54. The molecule has 20 heavy (non-hydrogen) atoms. The van der Waals surface area contributed by atoms with Crippen molar-refractivity contribution in [2.24, 2.45) is 5.92 Å². The number of hydrogen-bond donors (Lipinski definition) is 1. The second-order valence-electron chi connectivity index (χ2n) is 6.97. The Labute approximate surface area is 124 Å². The van der Waals surface area contributed by atoms with Crippen LogP contribution in [0, 0.1) is 12.8 Å². The van der Waals surface area contributed by atoms with Gasteiger partial charge in [0.05, 0.1) is 0 Å². The second-order valence-corrected chi connectivity index (χ2v) is 6.97. The highest BCUT2D eigenvalue weighted by atomic mass is 15.0. The van der Waals surface area contributed by atoms with Crippen molar-refractivity contribution in [2.45, 2.75) is 77.3 Å². The molecular weight excluding hydrogens is 242 g/mol. The summed E-state index contributed by atoms with van der Waals surface area (Å²) in [5, 5.41) is 3.96. The maximum absolute atomic E-state index is 3.96. The standard InChI is InChI=1S/C19H29N/c1-3-4-15-6-10-17(11-7-15)20-19-12-9-16-8-5-14(2)13-18(16)19/h5,8,13,15,17,19-20H,3-4,6-7,9-12H2,1-2H3. The number of benzene rings is 1. The number of hydrogen-bond acceptors (Lipinski definition) is 1. The normalized spacial score (nSPS) is 29.4. The zero-order chi connectivity index (χ0) is 13.9. The molecule has 0 aromatic heterocycles. The van der Waals surface area contributed by atoms with E-state index >= 15 is 0 Å². The molecule has 0 amide bonds. The van der Waals surface area contributed by atoms with Gasteiger partial charge in [-0.15, -0.1) is 0 Å². The van der Waals surface area contributed by atoms with Gasteiger partial charge >= 0.3 is 0 Å². The predicted octanol–water partition coefficient (Wildman–Crippen LogP) is 4.93. The Hall–Kier alpha value is -0.820. The second kappa shape index (κ2) is 6.30. The molecule has 1 N–H and O–H groups in total. The van der Waals surface area contributed by atoms with E-state index in [0.29, 0.717) is 6.04 Å². The third-order valence-corrected chi connectivity index (χ3v) is 5.36. The van der Waals surface area contributed by atoms with Crippen LogP contribution in [0.2, 0.25) is 0 Å². The van der Waals surface area contributed by atoms with Gasteiger partial charge in [-0.25, -0.2) is 0 Å². The minimum atomic E-state index is 0.623. The quantitative estimate of drug-likeness (QED) is 0.818. The molecule has 3 rings (SSSR count). The van der Waals surface area contributed by atoms with Gasteiger partial charge in [-0.3, -0.25) is 0 Å². The zero-order valence-electron chi connectivity index (χ0n) is 13.1. The lowest BCUT2D eigenvalue weighted by Crippen LogP contribution is -2.35. The van der Waals surface area contributed by atoms with Crippen molar-refractivity contribution in [3.05, 3.63) is 34.9 Å². The molecule has 110 valence electrons. The molecule has 2 aliphatic carbocycles. The van der Waals surface area contributed by atoms with Gasteiger partial charge in [-0.05, 0) is 62.5 Å². The van der Waals surface area contributed by atoms with Crippen LogP contribution in [0.25, 0.3) is 0 Å². The molecule has 1 aromatic carbocycles. The minimum Gasteiger partial charge on any atom is -0.307 e. The van der Waals surface area contributed by atoms with E-state index in [1.165, 1.54) is 56.9 Å². The number of fused-ring (bicyclic) bond motifs is 1. The van der Waals surface area contributed by atoms with Crippen LogP contribution < -0.4 is 5.32 Å². The molecule has 0 saturated heterocycles. The molecule has 0 bridgehead atoms. The van der Waals surface area contributed by atoms with Crippen molar-refractivity contribution in [3.8, 4) is 0 Å². The van der Waals surface area contributed by atoms with Gasteiger partial charge in [0.1, 0.15) is 0 Å². The molecule has 1 aromatic rings. The van der Waals surface area contributed by atoms with Crippen LogP contribution in [0.4, 0.5) is 0 Å². The highest BCUT2D eigenvalue weighted by Gasteiger charge is 2.27. The Morgan fingerprint density at radius 3 is 2.65 bits per heavy atom. The fraction of sp³-hybridized carbons (Fsp3) is 0.684. The van der Waals surface area contributed by atoms with E-state index in [9.17, 15) is 0 Å². The molecule has 1 heteroatoms. The number of nitrogens with one attached hydrogen (secondary N) is 1. The van der Waals surface area contributed by atoms with E-state index in [-0.39, 0.29) is 0 Å². The van der Waals surface area contributed by atoms with Gasteiger partial charge in [0, 0.05) is 12.1 Å². The molecule has 0 radical (unpaired) electrons. The molecule has 1 atom stereocenters. The Kier molecular flexibility index (Phi) is 4.45. The van der Waals surface area contributed by atoms with E-state index in [2.05, 4.69) is 37.4 Å². The van der Waals surface area contributed by atoms with E-state index < -0.39 is 0 Å². The Morgan fingerprint density at radius 2 is 1.90 bits per heavy atom. The van der Waals surface area contributed by atoms with Crippen molar-refractivity contribution in [1.82, 2.24) is 5.32 Å². The van der Waals surface area contributed by atoms with Crippen LogP contribution in [0.15, 0.2) is 18.2 Å². The van der Waals surface area contributed by atoms with E-state index in [0.717, 1.165) is 12.0 Å². The summed E-state index contributed by atoms with van der Waals surface area (Å²) in [4.78, 5) is 0. The molecule has 0 aliphatic heterocycles. The molecule has 2 aliphatic rings. The molecule has 1 nitrogen and oxygen atoms in total. The van der Waals surface area contributed by atoms with Crippen molar-refractivity contribution >= 4 is 0 Å². The van der Waals surface area contributed by atoms with Gasteiger partial charge < -0.3 is 5.32 Å². The Balaban J connectivity index is 1.57. The Morgan fingerprint density at radius 1 is 1.10 bits per heavy atom. The third-order valence-electron chi connectivity index (χ3n) is 5.36. The van der Waals surface area contributed by atoms with E-state index in [1.807, 2.05) is 0 Å². The average Bonchev–Trinajstić information content (AvgIpc) is 2.84. The first-order valence-electron chi connectivity index (χ1n) is 8.61. The molecular formula is C19H29N. The maximum Gasteiger partial charge on any atom is 0.0328 e. The fourth-order valence-corrected chi connectivity index (χ4v) is 4.21. The Bertz CT molecular complexity index is 443. The van der Waals surface area contributed by atoms with Crippen LogP contribution >= 0.6 is 0 Å². The SMILES string of the molecule is CCCC1CCC(NC2CCc3ccc(C)cc32)CC1. The zero-order valence-corrected chi connectivity index (χ0v) is 13.1. The van der Waals surface area contributed by atoms with Gasteiger partial charge in [0.2, 0.25) is 0 Å². The van der Waals surface area contributed by atoms with Crippen LogP contribution in [-0.2, 0) is 6.42 Å². The average molecular weight is 271 g/mol. The van der Waals surface area contributed by atoms with Gasteiger partial charge in [0.15, 0.2) is 0 Å². The molecule has 0 spiro atoms. The topological polar surface area (TPSA) is 12.0 Å². The summed E-state index contributed by atoms with van der Waals surface area (Å²) >= 11 is 0. The van der Waals surface area contributed by atoms with Gasteiger partial charge in [0.25, 0.3) is 0 Å². The van der Waals surface area contributed by atoms with E-state index in [4.69, 9.17) is 0 Å². The van der Waals surface area contributed by atoms with Crippen LogP contribution in [0.3, 0.4) is 0 Å². The number of rotatable bonds is 4. The smallest absolute Gasteiger partial charge is 0.0328 e. The third kappa shape index (κ3) is 3.09. The monoisotopic (exact) mass is 271 g/mol. The summed E-state index contributed by atoms with van der Waals surface area (Å²) in [6, 6.07) is 8.39. The van der Waals surface area contributed by atoms with Gasteiger partial charge in [-0.2, -0.15) is 0 Å². The lowest BCUT2D eigenvalue weighted by molar-refractivity contribution is 0.262. The summed E-state index contributed by atoms with van der Waals surface area (Å²) in [6.07, 6.45) is 11.0. The summed E-state index contributed by atoms with van der Waals surface area (Å²) < 4.78 is 0. The van der Waals surface area contributed by atoms with Crippen molar-refractivity contribution < 1.29 is 0 Å². The van der Waals surface area contributed by atoms with Crippen LogP contribution in [0.1, 0.15) is 74.6 Å².